The summed E-state index contributed by atoms with van der Waals surface area (Å²) in [6.07, 6.45) is 1.56. The van der Waals surface area contributed by atoms with Gasteiger partial charge in [0, 0.05) is 18.5 Å². The third kappa shape index (κ3) is 3.94. The molecule has 0 amide bonds. The fourth-order valence-electron chi connectivity index (χ4n) is 1.99. The Kier molecular flexibility index (Phi) is 6.30. The Morgan fingerprint density at radius 2 is 1.79 bits per heavy atom. The second-order valence-corrected chi connectivity index (χ2v) is 6.82. The van der Waals surface area contributed by atoms with Crippen molar-refractivity contribution in [3.63, 3.8) is 0 Å². The van der Waals surface area contributed by atoms with Gasteiger partial charge in [-0.25, -0.2) is 8.42 Å². The van der Waals surface area contributed by atoms with Gasteiger partial charge in [-0.1, -0.05) is 26.0 Å². The van der Waals surface area contributed by atoms with Crippen LogP contribution in [-0.4, -0.2) is 31.2 Å². The van der Waals surface area contributed by atoms with Gasteiger partial charge in [0.2, 0.25) is 10.0 Å². The Morgan fingerprint density at radius 3 is 2.21 bits per heavy atom. The van der Waals surface area contributed by atoms with Crippen LogP contribution in [0.4, 0.5) is 0 Å². The summed E-state index contributed by atoms with van der Waals surface area (Å²) >= 11 is 5.67. The van der Waals surface area contributed by atoms with E-state index in [-0.39, 0.29) is 6.04 Å². The highest BCUT2D eigenvalue weighted by Crippen LogP contribution is 2.20. The van der Waals surface area contributed by atoms with E-state index in [4.69, 9.17) is 11.6 Å². The Bertz CT molecular complexity index is 485. The molecule has 0 fully saturated rings. The minimum Gasteiger partial charge on any atom is -0.207 e. The molecule has 0 saturated carbocycles. The summed E-state index contributed by atoms with van der Waals surface area (Å²) in [6, 6.07) is 7.02. The molecule has 1 rings (SSSR count). The minimum absolute atomic E-state index is 0.0116. The molecule has 0 heterocycles. The molecule has 0 radical (unpaired) electrons. The van der Waals surface area contributed by atoms with Gasteiger partial charge in [0.1, 0.15) is 0 Å². The second-order valence-electron chi connectivity index (χ2n) is 4.55. The first-order valence-electron chi connectivity index (χ1n) is 6.64. The lowest BCUT2D eigenvalue weighted by Gasteiger charge is -2.26. The van der Waals surface area contributed by atoms with E-state index in [1.165, 1.54) is 0 Å². The highest BCUT2D eigenvalue weighted by Gasteiger charge is 2.26. The number of hydrogen-bond donors (Lipinski definition) is 0. The van der Waals surface area contributed by atoms with E-state index in [0.29, 0.717) is 17.3 Å². The minimum atomic E-state index is -3.39. The zero-order valence-corrected chi connectivity index (χ0v) is 13.3. The largest absolute Gasteiger partial charge is 0.243 e. The lowest BCUT2D eigenvalue weighted by atomic mass is 10.2. The summed E-state index contributed by atoms with van der Waals surface area (Å²) < 4.78 is 26.6. The monoisotopic (exact) mass is 303 g/mol. The molecular formula is C14H22ClNO2S. The molecule has 1 aromatic carbocycles. The maximum atomic E-state index is 12.5. The van der Waals surface area contributed by atoms with Gasteiger partial charge >= 0.3 is 0 Å². The predicted molar refractivity (Wildman–Crippen MR) is 80.2 cm³/mol. The molecule has 0 aliphatic rings. The lowest BCUT2D eigenvalue weighted by molar-refractivity contribution is 0.342. The van der Waals surface area contributed by atoms with E-state index in [0.717, 1.165) is 18.4 Å². The summed E-state index contributed by atoms with van der Waals surface area (Å²) in [6.45, 7) is 6.28. The summed E-state index contributed by atoms with van der Waals surface area (Å²) in [4.78, 5) is 0.355. The van der Waals surface area contributed by atoms with E-state index in [1.807, 2.05) is 32.9 Å². The van der Waals surface area contributed by atoms with Gasteiger partial charge in [0.05, 0.1) is 4.90 Å². The predicted octanol–water partition coefficient (Wildman–Crippen LogP) is 3.28. The van der Waals surface area contributed by atoms with Gasteiger partial charge in [-0.2, -0.15) is 4.31 Å². The molecule has 1 unspecified atom stereocenters. The molecule has 1 atom stereocenters. The fraction of sp³-hybridized carbons (Fsp3) is 0.571. The van der Waals surface area contributed by atoms with Crippen LogP contribution in [0.15, 0.2) is 29.2 Å². The van der Waals surface area contributed by atoms with E-state index < -0.39 is 10.0 Å². The molecule has 0 aliphatic carbocycles. The van der Waals surface area contributed by atoms with Crippen LogP contribution in [-0.2, 0) is 16.4 Å². The molecule has 3 nitrogen and oxygen atoms in total. The maximum absolute atomic E-state index is 12.5. The number of hydrogen-bond acceptors (Lipinski definition) is 2. The zero-order chi connectivity index (χ0) is 14.5. The highest BCUT2D eigenvalue weighted by atomic mass is 35.5. The van der Waals surface area contributed by atoms with Crippen LogP contribution in [0.25, 0.3) is 0 Å². The smallest absolute Gasteiger partial charge is 0.207 e. The number of sulfonamides is 1. The van der Waals surface area contributed by atoms with Gasteiger partial charge in [0.25, 0.3) is 0 Å². The lowest BCUT2D eigenvalue weighted by Crippen LogP contribution is -2.38. The van der Waals surface area contributed by atoms with Crippen LogP contribution in [0.5, 0.6) is 0 Å². The quantitative estimate of drug-likeness (QED) is 0.725. The average molecular weight is 304 g/mol. The first-order chi connectivity index (χ1) is 8.97. The number of benzene rings is 1. The van der Waals surface area contributed by atoms with Crippen molar-refractivity contribution in [2.75, 3.05) is 12.4 Å². The van der Waals surface area contributed by atoms with E-state index in [2.05, 4.69) is 0 Å². The maximum Gasteiger partial charge on any atom is 0.243 e. The van der Waals surface area contributed by atoms with Crippen molar-refractivity contribution in [3.05, 3.63) is 29.8 Å². The average Bonchev–Trinajstić information content (AvgIpc) is 2.40. The van der Waals surface area contributed by atoms with Crippen molar-refractivity contribution in [1.29, 1.82) is 0 Å². The summed E-state index contributed by atoms with van der Waals surface area (Å²) in [5, 5.41) is 0. The molecule has 0 spiro atoms. The number of aryl methyl sites for hydroxylation is 1. The van der Waals surface area contributed by atoms with E-state index >= 15 is 0 Å². The molecule has 108 valence electrons. The van der Waals surface area contributed by atoms with Gasteiger partial charge in [-0.05, 0) is 37.5 Å². The van der Waals surface area contributed by atoms with Gasteiger partial charge in [-0.3, -0.25) is 0 Å². The van der Waals surface area contributed by atoms with E-state index in [1.54, 1.807) is 16.4 Å². The van der Waals surface area contributed by atoms with Gasteiger partial charge in [0.15, 0.2) is 0 Å². The van der Waals surface area contributed by atoms with Gasteiger partial charge in [-0.15, -0.1) is 11.6 Å². The van der Waals surface area contributed by atoms with Crippen molar-refractivity contribution in [2.45, 2.75) is 44.6 Å². The normalized spacial score (nSPS) is 13.7. The fourth-order valence-corrected chi connectivity index (χ4v) is 3.93. The molecule has 0 saturated heterocycles. The Morgan fingerprint density at radius 1 is 1.21 bits per heavy atom. The molecular weight excluding hydrogens is 282 g/mol. The molecule has 0 aliphatic heterocycles. The summed E-state index contributed by atoms with van der Waals surface area (Å²) in [5.74, 6) is 0.542. The topological polar surface area (TPSA) is 37.4 Å². The molecule has 0 bridgehead atoms. The molecule has 0 N–H and O–H groups in total. The summed E-state index contributed by atoms with van der Waals surface area (Å²) in [7, 11) is -3.39. The van der Waals surface area contributed by atoms with Crippen LogP contribution >= 0.6 is 11.6 Å². The van der Waals surface area contributed by atoms with E-state index in [9.17, 15) is 8.42 Å². The molecule has 5 heteroatoms. The van der Waals surface area contributed by atoms with Gasteiger partial charge < -0.3 is 0 Å². The third-order valence-corrected chi connectivity index (χ3v) is 5.60. The Hall–Kier alpha value is -0.580. The third-order valence-electron chi connectivity index (χ3n) is 3.31. The molecule has 19 heavy (non-hydrogen) atoms. The Balaban J connectivity index is 3.04. The van der Waals surface area contributed by atoms with Crippen LogP contribution in [0, 0.1) is 0 Å². The SMILES string of the molecule is CCC(C)N(CC)S(=O)(=O)c1ccc(CCCl)cc1. The molecule has 0 aromatic heterocycles. The first-order valence-corrected chi connectivity index (χ1v) is 8.61. The van der Waals surface area contributed by atoms with Crippen LogP contribution in [0.2, 0.25) is 0 Å². The van der Waals surface area contributed by atoms with Crippen molar-refractivity contribution < 1.29 is 8.42 Å². The highest BCUT2D eigenvalue weighted by molar-refractivity contribution is 7.89. The van der Waals surface area contributed by atoms with Crippen molar-refractivity contribution >= 4 is 21.6 Å². The first kappa shape index (κ1) is 16.5. The standard InChI is InChI=1S/C14H22ClNO2S/c1-4-12(3)16(5-2)19(17,18)14-8-6-13(7-9-14)10-11-15/h6-9,12H,4-5,10-11H2,1-3H3. The van der Waals surface area contributed by atoms with Crippen molar-refractivity contribution in [2.24, 2.45) is 0 Å². The van der Waals surface area contributed by atoms with Crippen LogP contribution in [0.3, 0.4) is 0 Å². The number of alkyl halides is 1. The molecule has 1 aromatic rings. The van der Waals surface area contributed by atoms with Crippen LogP contribution in [0.1, 0.15) is 32.8 Å². The van der Waals surface area contributed by atoms with Crippen molar-refractivity contribution in [1.82, 2.24) is 4.31 Å². The number of halogens is 1. The number of nitrogens with zero attached hydrogens (tertiary/aromatic N) is 1. The Labute approximate surface area is 121 Å². The summed E-state index contributed by atoms with van der Waals surface area (Å²) in [5.41, 5.74) is 1.06. The zero-order valence-electron chi connectivity index (χ0n) is 11.8. The van der Waals surface area contributed by atoms with Crippen molar-refractivity contribution in [3.8, 4) is 0 Å². The van der Waals surface area contributed by atoms with Crippen LogP contribution < -0.4 is 0 Å². The second kappa shape index (κ2) is 7.27. The number of rotatable bonds is 7.